The standard InChI is InChI=1S/C10H17NO2/c12-9-2-1-5-11(7-9)10(13)6-8-3-4-8/h8-9,12H,1-7H2/t9-/m0/s1. The van der Waals surface area contributed by atoms with Crippen molar-refractivity contribution in [3.05, 3.63) is 0 Å². The minimum Gasteiger partial charge on any atom is -0.391 e. The van der Waals surface area contributed by atoms with E-state index in [2.05, 4.69) is 0 Å². The fraction of sp³-hybridized carbons (Fsp3) is 0.900. The molecule has 0 radical (unpaired) electrons. The summed E-state index contributed by atoms with van der Waals surface area (Å²) in [5.74, 6) is 0.910. The van der Waals surface area contributed by atoms with Crippen LogP contribution in [0.3, 0.4) is 0 Å². The van der Waals surface area contributed by atoms with Gasteiger partial charge in [0, 0.05) is 19.5 Å². The second kappa shape index (κ2) is 3.66. The average molecular weight is 183 g/mol. The van der Waals surface area contributed by atoms with Crippen molar-refractivity contribution in [2.24, 2.45) is 5.92 Å². The highest BCUT2D eigenvalue weighted by atomic mass is 16.3. The predicted octanol–water partition coefficient (Wildman–Crippen LogP) is 0.770. The van der Waals surface area contributed by atoms with Crippen LogP contribution in [-0.2, 0) is 4.79 Å². The normalized spacial score (nSPS) is 29.0. The Morgan fingerprint density at radius 1 is 1.38 bits per heavy atom. The highest BCUT2D eigenvalue weighted by Crippen LogP contribution is 2.33. The largest absolute Gasteiger partial charge is 0.391 e. The van der Waals surface area contributed by atoms with E-state index in [1.807, 2.05) is 4.90 Å². The molecule has 0 bridgehead atoms. The van der Waals surface area contributed by atoms with Gasteiger partial charge in [-0.2, -0.15) is 0 Å². The quantitative estimate of drug-likeness (QED) is 0.687. The lowest BCUT2D eigenvalue weighted by Crippen LogP contribution is -2.42. The average Bonchev–Trinajstić information content (AvgIpc) is 2.88. The zero-order chi connectivity index (χ0) is 9.26. The van der Waals surface area contributed by atoms with Crippen LogP contribution in [0.2, 0.25) is 0 Å². The zero-order valence-corrected chi connectivity index (χ0v) is 7.91. The third-order valence-electron chi connectivity index (χ3n) is 2.91. The summed E-state index contributed by atoms with van der Waals surface area (Å²) in [4.78, 5) is 13.4. The maximum Gasteiger partial charge on any atom is 0.222 e. The molecule has 3 nitrogen and oxygen atoms in total. The Morgan fingerprint density at radius 3 is 2.77 bits per heavy atom. The van der Waals surface area contributed by atoms with Crippen molar-refractivity contribution in [3.63, 3.8) is 0 Å². The first kappa shape index (κ1) is 9.00. The molecule has 1 aliphatic carbocycles. The maximum absolute atomic E-state index is 11.6. The van der Waals surface area contributed by atoms with Gasteiger partial charge in [-0.3, -0.25) is 4.79 Å². The number of aliphatic hydroxyl groups is 1. The summed E-state index contributed by atoms with van der Waals surface area (Å²) in [6.45, 7) is 1.41. The van der Waals surface area contributed by atoms with Crippen molar-refractivity contribution in [1.29, 1.82) is 0 Å². The second-order valence-electron chi connectivity index (χ2n) is 4.28. The first-order valence-corrected chi connectivity index (χ1v) is 5.21. The van der Waals surface area contributed by atoms with Gasteiger partial charge in [0.25, 0.3) is 0 Å². The monoisotopic (exact) mass is 183 g/mol. The Hall–Kier alpha value is -0.570. The highest BCUT2D eigenvalue weighted by molar-refractivity contribution is 5.76. The number of carbonyl (C=O) groups excluding carboxylic acids is 1. The number of aliphatic hydroxyl groups excluding tert-OH is 1. The molecule has 0 aromatic rings. The third kappa shape index (κ3) is 2.44. The van der Waals surface area contributed by atoms with Crippen molar-refractivity contribution in [1.82, 2.24) is 4.90 Å². The van der Waals surface area contributed by atoms with E-state index in [1.165, 1.54) is 12.8 Å². The van der Waals surface area contributed by atoms with Crippen LogP contribution in [0.4, 0.5) is 0 Å². The molecule has 1 amide bonds. The SMILES string of the molecule is O=C(CC1CC1)N1CCC[C@H](O)C1. The van der Waals surface area contributed by atoms with Crippen molar-refractivity contribution >= 4 is 5.91 Å². The molecule has 0 unspecified atom stereocenters. The van der Waals surface area contributed by atoms with E-state index in [1.54, 1.807) is 0 Å². The molecule has 2 rings (SSSR count). The topological polar surface area (TPSA) is 40.5 Å². The molecule has 13 heavy (non-hydrogen) atoms. The molecule has 1 heterocycles. The van der Waals surface area contributed by atoms with E-state index in [0.717, 1.165) is 19.4 Å². The van der Waals surface area contributed by atoms with E-state index in [9.17, 15) is 9.90 Å². The smallest absolute Gasteiger partial charge is 0.222 e. The number of nitrogens with zero attached hydrogens (tertiary/aromatic N) is 1. The fourth-order valence-corrected chi connectivity index (χ4v) is 1.88. The van der Waals surface area contributed by atoms with Gasteiger partial charge in [-0.05, 0) is 31.6 Å². The molecule has 1 atom stereocenters. The van der Waals surface area contributed by atoms with E-state index >= 15 is 0 Å². The summed E-state index contributed by atoms with van der Waals surface area (Å²) in [5, 5.41) is 9.38. The number of amides is 1. The molecular weight excluding hydrogens is 166 g/mol. The van der Waals surface area contributed by atoms with Crippen LogP contribution in [0.1, 0.15) is 32.1 Å². The Morgan fingerprint density at radius 2 is 2.15 bits per heavy atom. The first-order chi connectivity index (χ1) is 6.25. The first-order valence-electron chi connectivity index (χ1n) is 5.21. The van der Waals surface area contributed by atoms with Gasteiger partial charge in [-0.15, -0.1) is 0 Å². The van der Waals surface area contributed by atoms with Crippen LogP contribution in [-0.4, -0.2) is 35.1 Å². The summed E-state index contributed by atoms with van der Waals surface area (Å²) in [5.41, 5.74) is 0. The van der Waals surface area contributed by atoms with Gasteiger partial charge in [-0.1, -0.05) is 0 Å². The number of rotatable bonds is 2. The molecule has 1 saturated heterocycles. The van der Waals surface area contributed by atoms with Crippen molar-refractivity contribution in [3.8, 4) is 0 Å². The molecule has 2 fully saturated rings. The number of hydrogen-bond donors (Lipinski definition) is 1. The molecule has 1 saturated carbocycles. The van der Waals surface area contributed by atoms with Crippen LogP contribution >= 0.6 is 0 Å². The Balaban J connectivity index is 1.80. The van der Waals surface area contributed by atoms with Crippen molar-refractivity contribution < 1.29 is 9.90 Å². The van der Waals surface area contributed by atoms with Crippen LogP contribution in [0.5, 0.6) is 0 Å². The predicted molar refractivity (Wildman–Crippen MR) is 49.2 cm³/mol. The summed E-state index contributed by atoms with van der Waals surface area (Å²) in [6.07, 6.45) is 4.69. The lowest BCUT2D eigenvalue weighted by Gasteiger charge is -2.30. The summed E-state index contributed by atoms with van der Waals surface area (Å²) in [7, 11) is 0. The molecule has 3 heteroatoms. The number of β-amino-alcohol motifs (C(OH)–C–C–N with tert-alkyl or cyclic N) is 1. The van der Waals surface area contributed by atoms with Gasteiger partial charge in [0.15, 0.2) is 0 Å². The number of carbonyl (C=O) groups is 1. The summed E-state index contributed by atoms with van der Waals surface area (Å²) < 4.78 is 0. The van der Waals surface area contributed by atoms with Gasteiger partial charge >= 0.3 is 0 Å². The lowest BCUT2D eigenvalue weighted by atomic mass is 10.1. The van der Waals surface area contributed by atoms with Crippen LogP contribution in [0, 0.1) is 5.92 Å². The molecule has 74 valence electrons. The van der Waals surface area contributed by atoms with Gasteiger partial charge in [0.2, 0.25) is 5.91 Å². The number of piperidine rings is 1. The van der Waals surface area contributed by atoms with Crippen LogP contribution in [0.15, 0.2) is 0 Å². The van der Waals surface area contributed by atoms with Crippen LogP contribution < -0.4 is 0 Å². The number of hydrogen-bond acceptors (Lipinski definition) is 2. The Bertz CT molecular complexity index is 201. The second-order valence-corrected chi connectivity index (χ2v) is 4.28. The molecule has 1 N–H and O–H groups in total. The lowest BCUT2D eigenvalue weighted by molar-refractivity contribution is -0.134. The van der Waals surface area contributed by atoms with Gasteiger partial charge in [0.1, 0.15) is 0 Å². The van der Waals surface area contributed by atoms with Crippen molar-refractivity contribution in [2.75, 3.05) is 13.1 Å². The van der Waals surface area contributed by atoms with Crippen LogP contribution in [0.25, 0.3) is 0 Å². The molecular formula is C10H17NO2. The van der Waals surface area contributed by atoms with E-state index in [-0.39, 0.29) is 12.0 Å². The zero-order valence-electron chi connectivity index (χ0n) is 7.91. The summed E-state index contributed by atoms with van der Waals surface area (Å²) >= 11 is 0. The molecule has 2 aliphatic rings. The highest BCUT2D eigenvalue weighted by Gasteiger charge is 2.28. The van der Waals surface area contributed by atoms with E-state index < -0.39 is 0 Å². The maximum atomic E-state index is 11.6. The Kier molecular flexibility index (Phi) is 2.54. The molecule has 0 aromatic carbocycles. The minimum absolute atomic E-state index is 0.251. The van der Waals surface area contributed by atoms with E-state index in [4.69, 9.17) is 0 Å². The van der Waals surface area contributed by atoms with Gasteiger partial charge in [0.05, 0.1) is 6.10 Å². The number of likely N-dealkylation sites (tertiary alicyclic amines) is 1. The fourth-order valence-electron chi connectivity index (χ4n) is 1.88. The van der Waals surface area contributed by atoms with Crippen molar-refractivity contribution in [2.45, 2.75) is 38.2 Å². The molecule has 0 spiro atoms. The minimum atomic E-state index is -0.281. The third-order valence-corrected chi connectivity index (χ3v) is 2.91. The molecule has 0 aromatic heterocycles. The molecule has 1 aliphatic heterocycles. The summed E-state index contributed by atoms with van der Waals surface area (Å²) in [6, 6.07) is 0. The van der Waals surface area contributed by atoms with Gasteiger partial charge in [-0.25, -0.2) is 0 Å². The van der Waals surface area contributed by atoms with Gasteiger partial charge < -0.3 is 10.0 Å². The van der Waals surface area contributed by atoms with E-state index in [0.29, 0.717) is 18.9 Å². The Labute approximate surface area is 78.7 Å².